The van der Waals surface area contributed by atoms with E-state index in [4.69, 9.17) is 0 Å². The molecule has 1 amide bonds. The molecule has 0 unspecified atom stereocenters. The van der Waals surface area contributed by atoms with Crippen LogP contribution in [0.1, 0.15) is 37.9 Å². The molecule has 2 heterocycles. The van der Waals surface area contributed by atoms with Crippen molar-refractivity contribution < 1.29 is 13.6 Å². The Morgan fingerprint density at radius 3 is 2.61 bits per heavy atom. The number of rotatable bonds is 5. The molecule has 0 bridgehead atoms. The van der Waals surface area contributed by atoms with Gasteiger partial charge in [0.2, 0.25) is 0 Å². The van der Waals surface area contributed by atoms with Gasteiger partial charge < -0.3 is 4.90 Å². The van der Waals surface area contributed by atoms with Crippen LogP contribution in [0, 0.1) is 28.4 Å². The fraction of sp³-hybridized carbons (Fsp3) is 0.333. The second kappa shape index (κ2) is 9.61. The zero-order chi connectivity index (χ0) is 22.4. The summed E-state index contributed by atoms with van der Waals surface area (Å²) >= 11 is 0. The van der Waals surface area contributed by atoms with Crippen LogP contribution < -0.4 is 0 Å². The molecule has 1 aliphatic heterocycles. The van der Waals surface area contributed by atoms with Gasteiger partial charge in [-0.3, -0.25) is 4.79 Å². The van der Waals surface area contributed by atoms with E-state index in [-0.39, 0.29) is 12.3 Å². The maximum absolute atomic E-state index is 14.1. The lowest BCUT2D eigenvalue weighted by atomic mass is 9.75. The molecule has 1 aromatic heterocycles. The number of hydrogen-bond donors (Lipinski definition) is 0. The predicted molar refractivity (Wildman–Crippen MR) is 113 cm³/mol. The summed E-state index contributed by atoms with van der Waals surface area (Å²) in [5, 5.41) is 9.82. The Kier molecular flexibility index (Phi) is 6.91. The molecule has 1 aromatic carbocycles. The first-order valence-corrected chi connectivity index (χ1v) is 10.1. The third kappa shape index (κ3) is 5.02. The molecule has 2 aromatic rings. The molecule has 1 saturated heterocycles. The summed E-state index contributed by atoms with van der Waals surface area (Å²) < 4.78 is 27.3. The lowest BCUT2D eigenvalue weighted by Gasteiger charge is -2.37. The van der Waals surface area contributed by atoms with E-state index >= 15 is 0 Å². The highest BCUT2D eigenvalue weighted by Gasteiger charge is 2.37. The van der Waals surface area contributed by atoms with E-state index in [0.29, 0.717) is 42.8 Å². The Balaban J connectivity index is 1.78. The number of carbonyl (C=O) groups is 1. The SMILES string of the molecule is C/C=C\C(C(=O)N1CCC(C#N)(Cc2ccc(F)cc2F)CC1)=C(/C)c1ccncn1. The normalized spacial score (nSPS) is 16.7. The van der Waals surface area contributed by atoms with Gasteiger partial charge in [0, 0.05) is 30.9 Å². The minimum atomic E-state index is -0.790. The summed E-state index contributed by atoms with van der Waals surface area (Å²) in [7, 11) is 0. The molecule has 1 aliphatic rings. The van der Waals surface area contributed by atoms with Gasteiger partial charge in [0.1, 0.15) is 18.0 Å². The number of nitrogens with zero attached hydrogens (tertiary/aromatic N) is 4. The monoisotopic (exact) mass is 422 g/mol. The maximum atomic E-state index is 14.1. The molecule has 31 heavy (non-hydrogen) atoms. The molecule has 3 rings (SSSR count). The fourth-order valence-electron chi connectivity index (χ4n) is 3.84. The molecule has 0 N–H and O–H groups in total. The minimum absolute atomic E-state index is 0.131. The fourth-order valence-corrected chi connectivity index (χ4v) is 3.84. The summed E-state index contributed by atoms with van der Waals surface area (Å²) in [6.07, 6.45) is 7.66. The zero-order valence-corrected chi connectivity index (χ0v) is 17.6. The van der Waals surface area contributed by atoms with Gasteiger partial charge in [-0.05, 0) is 56.4 Å². The number of piperidine rings is 1. The molecule has 0 radical (unpaired) electrons. The third-order valence-electron chi connectivity index (χ3n) is 5.72. The number of aromatic nitrogens is 2. The Labute approximate surface area is 180 Å². The van der Waals surface area contributed by atoms with E-state index in [2.05, 4.69) is 16.0 Å². The summed E-state index contributed by atoms with van der Waals surface area (Å²) in [5.74, 6) is -1.42. The Hall–Kier alpha value is -3.40. The molecule has 1 fully saturated rings. The van der Waals surface area contributed by atoms with Crippen molar-refractivity contribution in [3.05, 3.63) is 77.4 Å². The van der Waals surface area contributed by atoms with Gasteiger partial charge in [-0.2, -0.15) is 5.26 Å². The van der Waals surface area contributed by atoms with Crippen LogP contribution in [0.5, 0.6) is 0 Å². The molecular formula is C24H24F2N4O. The second-order valence-corrected chi connectivity index (χ2v) is 7.73. The van der Waals surface area contributed by atoms with Crippen molar-refractivity contribution in [3.8, 4) is 6.07 Å². The molecule has 160 valence electrons. The molecule has 7 heteroatoms. The summed E-state index contributed by atoms with van der Waals surface area (Å²) in [4.78, 5) is 23.1. The number of benzene rings is 1. The van der Waals surface area contributed by atoms with E-state index in [9.17, 15) is 18.8 Å². The molecule has 0 aliphatic carbocycles. The average molecular weight is 422 g/mol. The summed E-state index contributed by atoms with van der Waals surface area (Å²) in [6, 6.07) is 7.50. The molecule has 5 nitrogen and oxygen atoms in total. The van der Waals surface area contributed by atoms with Crippen molar-refractivity contribution in [2.75, 3.05) is 13.1 Å². The van der Waals surface area contributed by atoms with Crippen molar-refractivity contribution in [3.63, 3.8) is 0 Å². The van der Waals surface area contributed by atoms with Crippen molar-refractivity contribution in [2.24, 2.45) is 5.41 Å². The van der Waals surface area contributed by atoms with Gasteiger partial charge >= 0.3 is 0 Å². The van der Waals surface area contributed by atoms with Crippen LogP contribution in [-0.2, 0) is 11.2 Å². The smallest absolute Gasteiger partial charge is 0.254 e. The number of allylic oxidation sites excluding steroid dienone is 2. The topological polar surface area (TPSA) is 69.9 Å². The van der Waals surface area contributed by atoms with Crippen LogP contribution in [0.4, 0.5) is 8.78 Å². The second-order valence-electron chi connectivity index (χ2n) is 7.73. The molecular weight excluding hydrogens is 398 g/mol. The Morgan fingerprint density at radius 1 is 1.29 bits per heavy atom. The first kappa shape index (κ1) is 22.3. The summed E-state index contributed by atoms with van der Waals surface area (Å²) in [6.45, 7) is 4.45. The van der Waals surface area contributed by atoms with Gasteiger partial charge in [0.05, 0.1) is 17.2 Å². The quantitative estimate of drug-likeness (QED) is 0.526. The van der Waals surface area contributed by atoms with Gasteiger partial charge in [-0.1, -0.05) is 18.2 Å². The first-order valence-electron chi connectivity index (χ1n) is 10.1. The maximum Gasteiger partial charge on any atom is 0.254 e. The van der Waals surface area contributed by atoms with E-state index in [1.54, 1.807) is 29.3 Å². The number of amides is 1. The molecule has 0 spiro atoms. The van der Waals surface area contributed by atoms with Crippen LogP contribution in [0.15, 0.2) is 54.5 Å². The largest absolute Gasteiger partial charge is 0.339 e. The summed E-state index contributed by atoms with van der Waals surface area (Å²) in [5.41, 5.74) is 1.48. The van der Waals surface area contributed by atoms with Crippen LogP contribution in [0.3, 0.4) is 0 Å². The van der Waals surface area contributed by atoms with E-state index < -0.39 is 17.0 Å². The van der Waals surface area contributed by atoms with E-state index in [0.717, 1.165) is 11.6 Å². The molecule has 0 saturated carbocycles. The first-order chi connectivity index (χ1) is 14.9. The van der Waals surface area contributed by atoms with Crippen LogP contribution >= 0.6 is 0 Å². The average Bonchev–Trinajstić information content (AvgIpc) is 2.79. The van der Waals surface area contributed by atoms with Gasteiger partial charge in [-0.25, -0.2) is 18.7 Å². The lowest BCUT2D eigenvalue weighted by molar-refractivity contribution is -0.128. The Morgan fingerprint density at radius 2 is 2.03 bits per heavy atom. The van der Waals surface area contributed by atoms with Crippen molar-refractivity contribution in [2.45, 2.75) is 33.1 Å². The van der Waals surface area contributed by atoms with E-state index in [1.807, 2.05) is 13.8 Å². The zero-order valence-electron chi connectivity index (χ0n) is 17.6. The van der Waals surface area contributed by atoms with Crippen molar-refractivity contribution in [1.29, 1.82) is 5.26 Å². The van der Waals surface area contributed by atoms with Crippen LogP contribution in [0.2, 0.25) is 0 Å². The number of hydrogen-bond acceptors (Lipinski definition) is 4. The minimum Gasteiger partial charge on any atom is -0.339 e. The highest BCUT2D eigenvalue weighted by atomic mass is 19.1. The van der Waals surface area contributed by atoms with Gasteiger partial charge in [0.25, 0.3) is 5.91 Å². The van der Waals surface area contributed by atoms with Crippen molar-refractivity contribution in [1.82, 2.24) is 14.9 Å². The highest BCUT2D eigenvalue weighted by molar-refractivity contribution is 6.03. The standard InChI is InChI=1S/C24H24F2N4O/c1-3-4-20(17(2)22-7-10-28-16-29-22)23(31)30-11-8-24(15-27,9-12-30)14-18-5-6-19(25)13-21(18)26/h3-7,10,13,16H,8-9,11-12,14H2,1-2H3/b4-3-,20-17-. The van der Waals surface area contributed by atoms with Gasteiger partial charge in [-0.15, -0.1) is 0 Å². The van der Waals surface area contributed by atoms with E-state index in [1.165, 1.54) is 18.5 Å². The predicted octanol–water partition coefficient (Wildman–Crippen LogP) is 4.48. The number of carbonyl (C=O) groups excluding carboxylic acids is 1. The lowest BCUT2D eigenvalue weighted by Crippen LogP contribution is -2.44. The van der Waals surface area contributed by atoms with Crippen molar-refractivity contribution >= 4 is 11.5 Å². The molecule has 0 atom stereocenters. The van der Waals surface area contributed by atoms with Crippen LogP contribution in [-0.4, -0.2) is 33.9 Å². The number of likely N-dealkylation sites (tertiary alicyclic amines) is 1. The Bertz CT molecular complexity index is 1050. The van der Waals surface area contributed by atoms with Crippen LogP contribution in [0.25, 0.3) is 5.57 Å². The van der Waals surface area contributed by atoms with Gasteiger partial charge in [0.15, 0.2) is 0 Å². The number of nitriles is 1. The highest BCUT2D eigenvalue weighted by Crippen LogP contribution is 2.36. The number of halogens is 2. The third-order valence-corrected chi connectivity index (χ3v) is 5.72.